The van der Waals surface area contributed by atoms with Gasteiger partial charge in [0.2, 0.25) is 6.29 Å². The fourth-order valence-electron chi connectivity index (χ4n) is 2.12. The highest BCUT2D eigenvalue weighted by Crippen LogP contribution is 2.30. The van der Waals surface area contributed by atoms with Crippen molar-refractivity contribution in [2.24, 2.45) is 0 Å². The Morgan fingerprint density at radius 1 is 1.41 bits per heavy atom. The Morgan fingerprint density at radius 3 is 2.45 bits per heavy atom. The maximum atomic E-state index is 11.2. The maximum absolute atomic E-state index is 11.2. The Morgan fingerprint density at radius 2 is 2.00 bits per heavy atom. The lowest BCUT2D eigenvalue weighted by molar-refractivity contribution is -0.299. The maximum Gasteiger partial charge on any atom is 0.366 e. The molecule has 1 amide bonds. The van der Waals surface area contributed by atoms with E-state index in [1.807, 2.05) is 0 Å². The fraction of sp³-hybridized carbons (Fsp3) is 0.727. The molecule has 7 N–H and O–H groups in total. The molecule has 1 unspecified atom stereocenters. The summed E-state index contributed by atoms with van der Waals surface area (Å²) < 4.78 is 4.79. The zero-order valence-corrected chi connectivity index (χ0v) is 11.2. The number of hydrogen-bond acceptors (Lipinski definition) is 9. The second-order valence-electron chi connectivity index (χ2n) is 4.81. The summed E-state index contributed by atoms with van der Waals surface area (Å²) in [5.41, 5.74) is 0. The topological polar surface area (TPSA) is 194 Å². The van der Waals surface area contributed by atoms with E-state index in [0.717, 1.165) is 0 Å². The Hall–Kier alpha value is -1.63. The molecule has 1 heterocycles. The molecule has 1 fully saturated rings. The summed E-state index contributed by atoms with van der Waals surface area (Å²) in [4.78, 5) is 32.5. The van der Waals surface area contributed by atoms with Crippen molar-refractivity contribution in [1.82, 2.24) is 5.32 Å². The average Bonchev–Trinajstić information content (AvgIpc) is 2.48. The Kier molecular flexibility index (Phi) is 5.93. The zero-order chi connectivity index (χ0) is 17.1. The third kappa shape index (κ3) is 3.58. The van der Waals surface area contributed by atoms with Crippen LogP contribution in [0.3, 0.4) is 0 Å². The summed E-state index contributed by atoms with van der Waals surface area (Å²) in [6, 6.07) is -1.88. The number of carboxylic acid groups (broad SMARTS) is 1. The number of carbonyl (C=O) groups is 3. The van der Waals surface area contributed by atoms with Crippen molar-refractivity contribution in [2.75, 3.05) is 6.61 Å². The molecule has 1 aliphatic rings. The van der Waals surface area contributed by atoms with E-state index in [1.54, 1.807) is 5.32 Å². The minimum atomic E-state index is -3.14. The lowest BCUT2D eigenvalue weighted by atomic mass is 9.89. The summed E-state index contributed by atoms with van der Waals surface area (Å²) in [5.74, 6) is -6.42. The number of aliphatic hydroxyl groups is 5. The minimum absolute atomic E-state index is 0.189. The number of aliphatic carboxylic acids is 1. The highest BCUT2D eigenvalue weighted by Gasteiger charge is 2.56. The van der Waals surface area contributed by atoms with Crippen LogP contribution in [0.4, 0.5) is 0 Å². The molecule has 0 saturated carbocycles. The highest BCUT2D eigenvalue weighted by molar-refractivity contribution is 6.23. The van der Waals surface area contributed by atoms with Gasteiger partial charge in [-0.15, -0.1) is 0 Å². The van der Waals surface area contributed by atoms with Gasteiger partial charge < -0.3 is 40.7 Å². The molecule has 126 valence electrons. The summed E-state index contributed by atoms with van der Waals surface area (Å²) in [6.07, 6.45) is -7.40. The lowest BCUT2D eigenvalue weighted by Gasteiger charge is -2.44. The van der Waals surface area contributed by atoms with Gasteiger partial charge >= 0.3 is 5.97 Å². The van der Waals surface area contributed by atoms with Crippen LogP contribution >= 0.6 is 0 Å². The molecule has 1 aliphatic heterocycles. The van der Waals surface area contributed by atoms with E-state index in [-0.39, 0.29) is 6.29 Å². The van der Waals surface area contributed by atoms with Gasteiger partial charge in [0.15, 0.2) is 0 Å². The van der Waals surface area contributed by atoms with Crippen LogP contribution in [0.1, 0.15) is 6.42 Å². The molecule has 0 aromatic rings. The van der Waals surface area contributed by atoms with Crippen LogP contribution in [0.2, 0.25) is 0 Å². The quantitative estimate of drug-likeness (QED) is 0.184. The molecular weight excluding hydrogens is 306 g/mol. The molecule has 22 heavy (non-hydrogen) atoms. The molecule has 0 aliphatic carbocycles. The predicted molar refractivity (Wildman–Crippen MR) is 65.2 cm³/mol. The molecule has 11 nitrogen and oxygen atoms in total. The Labute approximate surface area is 123 Å². The number of carboxylic acids is 1. The van der Waals surface area contributed by atoms with Crippen LogP contribution in [0.5, 0.6) is 0 Å². The number of amides is 1. The number of rotatable bonds is 6. The standard InChI is InChI=1S/C11H17NO10/c13-2-5(16)8(18)6-1-4(15)9(12-7(17)3-14)11(21,22-6)10(19)20/h3-6,8-9,13,15-16,18,21H,1-2H2,(H,12,17)(H,19,20)/t4-,5+,6+,8+,9+,11?/m0/s1. The van der Waals surface area contributed by atoms with E-state index in [9.17, 15) is 34.8 Å². The predicted octanol–water partition coefficient (Wildman–Crippen LogP) is -4.69. The summed E-state index contributed by atoms with van der Waals surface area (Å²) >= 11 is 0. The van der Waals surface area contributed by atoms with Crippen molar-refractivity contribution in [3.63, 3.8) is 0 Å². The van der Waals surface area contributed by atoms with Crippen molar-refractivity contribution in [1.29, 1.82) is 0 Å². The SMILES string of the molecule is O=CC(=O)N[C@@H]1[C@@H](O)C[C@H]([C@H](O)[C@H](O)CO)OC1(O)C(=O)O. The van der Waals surface area contributed by atoms with E-state index < -0.39 is 61.1 Å². The van der Waals surface area contributed by atoms with Gasteiger partial charge in [0, 0.05) is 6.42 Å². The zero-order valence-electron chi connectivity index (χ0n) is 11.2. The first-order valence-electron chi connectivity index (χ1n) is 6.21. The van der Waals surface area contributed by atoms with Crippen molar-refractivity contribution in [3.8, 4) is 0 Å². The first kappa shape index (κ1) is 18.4. The fourth-order valence-corrected chi connectivity index (χ4v) is 2.12. The average molecular weight is 323 g/mol. The first-order valence-corrected chi connectivity index (χ1v) is 6.21. The van der Waals surface area contributed by atoms with Gasteiger partial charge in [-0.25, -0.2) is 4.79 Å². The molecule has 1 rings (SSSR count). The number of hydrogen-bond donors (Lipinski definition) is 7. The smallest absolute Gasteiger partial charge is 0.366 e. The molecule has 0 aromatic heterocycles. The molecule has 0 bridgehead atoms. The summed E-state index contributed by atoms with van der Waals surface area (Å²) in [5, 5.41) is 58.5. The van der Waals surface area contributed by atoms with Crippen LogP contribution in [-0.4, -0.2) is 91.7 Å². The molecule has 11 heteroatoms. The second-order valence-corrected chi connectivity index (χ2v) is 4.81. The molecule has 6 atom stereocenters. The van der Waals surface area contributed by atoms with Gasteiger partial charge in [-0.3, -0.25) is 9.59 Å². The largest absolute Gasteiger partial charge is 0.477 e. The van der Waals surface area contributed by atoms with E-state index in [1.165, 1.54) is 0 Å². The van der Waals surface area contributed by atoms with E-state index >= 15 is 0 Å². The second kappa shape index (κ2) is 7.09. The van der Waals surface area contributed by atoms with Crippen LogP contribution < -0.4 is 5.32 Å². The number of ether oxygens (including phenoxy) is 1. The van der Waals surface area contributed by atoms with Gasteiger partial charge in [-0.1, -0.05) is 0 Å². The van der Waals surface area contributed by atoms with E-state index in [2.05, 4.69) is 0 Å². The minimum Gasteiger partial charge on any atom is -0.477 e. The van der Waals surface area contributed by atoms with Crippen LogP contribution in [0, 0.1) is 0 Å². The van der Waals surface area contributed by atoms with Crippen LogP contribution in [0.25, 0.3) is 0 Å². The summed E-state index contributed by atoms with van der Waals surface area (Å²) in [7, 11) is 0. The van der Waals surface area contributed by atoms with Gasteiger partial charge in [0.05, 0.1) is 18.8 Å². The van der Waals surface area contributed by atoms with E-state index in [0.29, 0.717) is 0 Å². The number of aliphatic hydroxyl groups excluding tert-OH is 4. The van der Waals surface area contributed by atoms with Crippen LogP contribution in [0.15, 0.2) is 0 Å². The number of carbonyl (C=O) groups excluding carboxylic acids is 2. The Bertz CT molecular complexity index is 443. The molecule has 1 saturated heterocycles. The number of nitrogens with one attached hydrogen (secondary N) is 1. The molecule has 0 radical (unpaired) electrons. The van der Waals surface area contributed by atoms with Gasteiger partial charge in [-0.2, -0.15) is 0 Å². The van der Waals surface area contributed by atoms with E-state index in [4.69, 9.17) is 14.9 Å². The van der Waals surface area contributed by atoms with Crippen molar-refractivity contribution >= 4 is 18.2 Å². The van der Waals surface area contributed by atoms with Gasteiger partial charge in [0.25, 0.3) is 11.7 Å². The normalized spacial score (nSPS) is 34.5. The third-order valence-corrected chi connectivity index (χ3v) is 3.28. The molecular formula is C11H17NO10. The van der Waals surface area contributed by atoms with Gasteiger partial charge in [-0.05, 0) is 0 Å². The van der Waals surface area contributed by atoms with Crippen molar-refractivity contribution in [2.45, 2.75) is 42.7 Å². The third-order valence-electron chi connectivity index (χ3n) is 3.28. The van der Waals surface area contributed by atoms with Gasteiger partial charge in [0.1, 0.15) is 18.2 Å². The number of aldehydes is 1. The monoisotopic (exact) mass is 323 g/mol. The van der Waals surface area contributed by atoms with Crippen molar-refractivity contribution in [3.05, 3.63) is 0 Å². The molecule has 0 spiro atoms. The van der Waals surface area contributed by atoms with Crippen LogP contribution in [-0.2, 0) is 19.1 Å². The highest BCUT2D eigenvalue weighted by atomic mass is 16.7. The Balaban J connectivity index is 3.04. The molecule has 0 aromatic carbocycles. The summed E-state index contributed by atoms with van der Waals surface area (Å²) in [6.45, 7) is -0.867. The lowest BCUT2D eigenvalue weighted by Crippen LogP contribution is -2.69. The van der Waals surface area contributed by atoms with Crippen molar-refractivity contribution < 1.29 is 49.8 Å². The first-order chi connectivity index (χ1) is 10.2.